The molecule has 0 saturated carbocycles. The second-order valence-corrected chi connectivity index (χ2v) is 36.0. The summed E-state index contributed by atoms with van der Waals surface area (Å²) in [6, 6.07) is 32.5. The van der Waals surface area contributed by atoms with Gasteiger partial charge < -0.3 is 0 Å². The Labute approximate surface area is 459 Å². The lowest BCUT2D eigenvalue weighted by molar-refractivity contribution is 0.720. The maximum atomic E-state index is 4.42. The van der Waals surface area contributed by atoms with E-state index in [0.29, 0.717) is 0 Å². The summed E-state index contributed by atoms with van der Waals surface area (Å²) in [5.41, 5.74) is 11.4. The number of hydrogen-bond donors (Lipinski definition) is 0. The van der Waals surface area contributed by atoms with Gasteiger partial charge >= 0.3 is 0 Å². The zero-order valence-electron chi connectivity index (χ0n) is 44.3. The van der Waals surface area contributed by atoms with Crippen LogP contribution in [0, 0.1) is 22.9 Å². The zero-order chi connectivity index (χ0) is 49.9. The summed E-state index contributed by atoms with van der Waals surface area (Å²) < 4.78 is 8.27. The molecule has 0 amide bonds. The van der Waals surface area contributed by atoms with Gasteiger partial charge in [0.15, 0.2) is 0 Å². The Hall–Kier alpha value is -3.03. The van der Waals surface area contributed by atoms with Gasteiger partial charge in [0.2, 0.25) is 0 Å². The number of rotatable bonds is 26. The van der Waals surface area contributed by atoms with Crippen LogP contribution in [-0.4, -0.2) is 16.1 Å². The van der Waals surface area contributed by atoms with Gasteiger partial charge in [-0.2, -0.15) is 0 Å². The van der Waals surface area contributed by atoms with Gasteiger partial charge in [0.1, 0.15) is 16.1 Å². The van der Waals surface area contributed by atoms with Crippen molar-refractivity contribution in [3.05, 3.63) is 82.6 Å². The standard InChI is InChI=1S/C64H78S6Si2/c1-7-13-19-31-71(32-20-14-8-2,33-21-15-9-3)37-27-51-53-45-61(59-43-49-41-55-47(25-29-65-55)39-57(49)67-59)70-64(53)52(28-38-72(34-22-16-10-4,35-23-17-11-5)36-24-18-12-6)54-46-62(69-63(51)54)60-44-50-42-56-48(26-30-66-56)40-58(50)68-60/h25-26,29-30,39-46H,7-24,31-36H2,1-6H3. The van der Waals surface area contributed by atoms with E-state index in [1.807, 2.05) is 68.0 Å². The predicted octanol–water partition coefficient (Wildman–Crippen LogP) is 24.1. The van der Waals surface area contributed by atoms with Gasteiger partial charge in [0.25, 0.3) is 0 Å². The molecule has 0 nitrogen and oxygen atoms in total. The zero-order valence-corrected chi connectivity index (χ0v) is 51.2. The fourth-order valence-corrected chi connectivity index (χ4v) is 26.2. The smallest absolute Gasteiger partial charge is 0.138 e. The molecule has 3 aromatic carbocycles. The normalized spacial score (nSPS) is 12.3. The summed E-state index contributed by atoms with van der Waals surface area (Å²) in [6.45, 7) is 14.2. The van der Waals surface area contributed by atoms with Crippen LogP contribution in [-0.2, 0) is 0 Å². The molecule has 9 rings (SSSR count). The molecule has 0 spiro atoms. The molecular weight excluding hydrogens is 1020 g/mol. The first-order chi connectivity index (χ1) is 35.3. The second-order valence-electron chi connectivity index (χ2n) is 21.2. The molecule has 0 N–H and O–H groups in total. The average Bonchev–Trinajstić information content (AvgIpc) is 4.26. The Kier molecular flexibility index (Phi) is 19.2. The molecule has 0 unspecified atom stereocenters. The second kappa shape index (κ2) is 25.7. The summed E-state index contributed by atoms with van der Waals surface area (Å²) >= 11 is 11.7. The minimum atomic E-state index is -1.93. The lowest BCUT2D eigenvalue weighted by atomic mass is 10.0. The average molecular weight is 1100 g/mol. The quantitative estimate of drug-likeness (QED) is 0.0288. The van der Waals surface area contributed by atoms with Crippen LogP contribution in [0.2, 0.25) is 36.3 Å². The largest absolute Gasteiger partial charge is 0.144 e. The van der Waals surface area contributed by atoms with Crippen molar-refractivity contribution >= 4 is 145 Å². The molecule has 378 valence electrons. The first-order valence-corrected chi connectivity index (χ1v) is 38.5. The Morgan fingerprint density at radius 2 is 0.667 bits per heavy atom. The van der Waals surface area contributed by atoms with E-state index >= 15 is 0 Å². The highest BCUT2D eigenvalue weighted by atomic mass is 32.1. The lowest BCUT2D eigenvalue weighted by Gasteiger charge is -2.27. The molecule has 9 aromatic rings. The van der Waals surface area contributed by atoms with Crippen molar-refractivity contribution in [3.8, 4) is 42.4 Å². The highest BCUT2D eigenvalue weighted by Crippen LogP contribution is 2.49. The Morgan fingerprint density at radius 3 is 1.00 bits per heavy atom. The first kappa shape index (κ1) is 53.8. The molecule has 6 heterocycles. The Morgan fingerprint density at radius 1 is 0.347 bits per heavy atom. The van der Waals surface area contributed by atoms with Gasteiger partial charge in [-0.25, -0.2) is 0 Å². The summed E-state index contributed by atoms with van der Waals surface area (Å²) in [4.78, 5) is 5.50. The molecule has 0 atom stereocenters. The van der Waals surface area contributed by atoms with Crippen LogP contribution < -0.4 is 0 Å². The van der Waals surface area contributed by atoms with Gasteiger partial charge in [-0.15, -0.1) is 79.1 Å². The van der Waals surface area contributed by atoms with E-state index in [1.54, 1.807) is 0 Å². The Balaban J connectivity index is 1.31. The molecule has 8 heteroatoms. The number of thiophene rings is 6. The molecule has 0 saturated heterocycles. The van der Waals surface area contributed by atoms with Crippen molar-refractivity contribution in [1.29, 1.82) is 0 Å². The van der Waals surface area contributed by atoms with Gasteiger partial charge in [-0.1, -0.05) is 169 Å². The molecule has 0 radical (unpaired) electrons. The van der Waals surface area contributed by atoms with E-state index in [4.69, 9.17) is 0 Å². The Bertz CT molecular complexity index is 2910. The van der Waals surface area contributed by atoms with Crippen molar-refractivity contribution < 1.29 is 0 Å². The fraction of sp³-hybridized carbons (Fsp3) is 0.469. The van der Waals surface area contributed by atoms with Crippen molar-refractivity contribution in [2.24, 2.45) is 0 Å². The van der Waals surface area contributed by atoms with E-state index in [2.05, 4.69) is 136 Å². The van der Waals surface area contributed by atoms with Crippen LogP contribution in [0.5, 0.6) is 0 Å². The third-order valence-electron chi connectivity index (χ3n) is 15.6. The van der Waals surface area contributed by atoms with Crippen molar-refractivity contribution in [1.82, 2.24) is 0 Å². The highest BCUT2D eigenvalue weighted by Gasteiger charge is 2.32. The van der Waals surface area contributed by atoms with Gasteiger partial charge in [-0.05, 0) is 129 Å². The van der Waals surface area contributed by atoms with E-state index in [-0.39, 0.29) is 0 Å². The van der Waals surface area contributed by atoms with Crippen molar-refractivity contribution in [3.63, 3.8) is 0 Å². The van der Waals surface area contributed by atoms with Crippen LogP contribution >= 0.6 is 68.0 Å². The van der Waals surface area contributed by atoms with Crippen molar-refractivity contribution in [2.75, 3.05) is 0 Å². The first-order valence-electron chi connectivity index (χ1n) is 28.2. The molecular formula is C64H78S6Si2. The summed E-state index contributed by atoms with van der Waals surface area (Å²) in [7, 11) is -3.86. The third-order valence-corrected chi connectivity index (χ3v) is 31.4. The molecule has 0 aliphatic heterocycles. The summed E-state index contributed by atoms with van der Waals surface area (Å²) in [5, 5.41) is 12.6. The van der Waals surface area contributed by atoms with E-state index in [1.165, 1.54) is 243 Å². The highest BCUT2D eigenvalue weighted by molar-refractivity contribution is 7.30. The SMILES string of the molecule is CCCCC[Si](C#Cc1c2cc(-c3cc4cc5sccc5cc4s3)sc2c(C#C[Si](CCCCC)(CCCCC)CCCCC)c2cc(-c3cc4cc5sccc5cc4s3)sc12)(CCCCC)CCCCC. The maximum absolute atomic E-state index is 4.42. The van der Waals surface area contributed by atoms with E-state index in [9.17, 15) is 0 Å². The van der Waals surface area contributed by atoms with Crippen LogP contribution in [0.3, 0.4) is 0 Å². The van der Waals surface area contributed by atoms with E-state index in [0.717, 1.165) is 0 Å². The molecule has 0 aliphatic rings. The van der Waals surface area contributed by atoms with E-state index < -0.39 is 16.1 Å². The monoisotopic (exact) mass is 1090 g/mol. The summed E-state index contributed by atoms with van der Waals surface area (Å²) in [6.07, 6.45) is 23.5. The topological polar surface area (TPSA) is 0 Å². The molecule has 0 aliphatic carbocycles. The molecule has 0 bridgehead atoms. The predicted molar refractivity (Wildman–Crippen MR) is 341 cm³/mol. The third kappa shape index (κ3) is 12.5. The van der Waals surface area contributed by atoms with Crippen LogP contribution in [0.25, 0.3) is 80.0 Å². The lowest BCUT2D eigenvalue weighted by Crippen LogP contribution is -2.32. The number of hydrogen-bond acceptors (Lipinski definition) is 6. The summed E-state index contributed by atoms with van der Waals surface area (Å²) in [5.74, 6) is 8.55. The molecule has 6 aromatic heterocycles. The number of fused-ring (bicyclic) bond motifs is 6. The van der Waals surface area contributed by atoms with Crippen molar-refractivity contribution in [2.45, 2.75) is 193 Å². The number of benzene rings is 3. The van der Waals surface area contributed by atoms with Crippen LogP contribution in [0.15, 0.2) is 71.4 Å². The van der Waals surface area contributed by atoms with Gasteiger partial charge in [-0.3, -0.25) is 0 Å². The van der Waals surface area contributed by atoms with Crippen LogP contribution in [0.4, 0.5) is 0 Å². The van der Waals surface area contributed by atoms with Crippen LogP contribution in [0.1, 0.15) is 168 Å². The molecule has 0 fully saturated rings. The fourth-order valence-electron chi connectivity index (χ4n) is 11.3. The molecule has 72 heavy (non-hydrogen) atoms. The van der Waals surface area contributed by atoms with Gasteiger partial charge in [0.05, 0.1) is 20.5 Å². The minimum absolute atomic E-state index is 1.27. The van der Waals surface area contributed by atoms with Gasteiger partial charge in [0, 0.05) is 49.1 Å². The minimum Gasteiger partial charge on any atom is -0.144 e. The maximum Gasteiger partial charge on any atom is 0.138 e. The number of unbranched alkanes of at least 4 members (excludes halogenated alkanes) is 12.